The molecule has 0 aliphatic rings. The van der Waals surface area contributed by atoms with Crippen LogP contribution in [0.1, 0.15) is 21.6 Å². The first-order valence-electron chi connectivity index (χ1n) is 4.30. The summed E-state index contributed by atoms with van der Waals surface area (Å²) in [6, 6.07) is 3.61. The number of aldehydes is 1. The maximum Gasteiger partial charge on any atom is 0.170 e. The first kappa shape index (κ1) is 8.90. The van der Waals surface area contributed by atoms with Gasteiger partial charge in [-0.1, -0.05) is 6.07 Å². The number of carbonyl (C=O) groups excluding carboxylic acids is 1. The zero-order valence-corrected chi connectivity index (χ0v) is 7.77. The van der Waals surface area contributed by atoms with E-state index < -0.39 is 0 Å². The third-order valence-electron chi connectivity index (χ3n) is 2.29. The molecule has 1 N–H and O–H groups in total. The molecule has 0 amide bonds. The quantitative estimate of drug-likeness (QED) is 0.717. The third kappa shape index (κ3) is 1.12. The number of nitrogens with zero attached hydrogens (tertiary/aromatic N) is 2. The highest BCUT2D eigenvalue weighted by Gasteiger charge is 2.10. The van der Waals surface area contributed by atoms with Gasteiger partial charge in [0.2, 0.25) is 0 Å². The standard InChI is InChI=1S/C10H10N2O2/c1-7-9(6-14)11-12-4-2-3-8(5-13)10(7)12/h2-4,6,13H,5H2,1H3. The number of rotatable bonds is 2. The fourth-order valence-corrected chi connectivity index (χ4v) is 1.59. The minimum Gasteiger partial charge on any atom is -0.392 e. The molecule has 0 fully saturated rings. The van der Waals surface area contributed by atoms with E-state index in [2.05, 4.69) is 5.10 Å². The predicted octanol–water partition coefficient (Wildman–Crippen LogP) is 0.948. The molecule has 2 heterocycles. The molecule has 0 saturated heterocycles. The minimum absolute atomic E-state index is 0.0465. The van der Waals surface area contributed by atoms with Crippen LogP contribution in [-0.2, 0) is 6.61 Å². The van der Waals surface area contributed by atoms with Crippen LogP contribution < -0.4 is 0 Å². The van der Waals surface area contributed by atoms with Crippen LogP contribution in [0.4, 0.5) is 0 Å². The lowest BCUT2D eigenvalue weighted by Crippen LogP contribution is -1.92. The van der Waals surface area contributed by atoms with E-state index in [0.29, 0.717) is 5.69 Å². The van der Waals surface area contributed by atoms with Crippen molar-refractivity contribution in [3.8, 4) is 0 Å². The second-order valence-electron chi connectivity index (χ2n) is 3.11. The molecule has 0 atom stereocenters. The van der Waals surface area contributed by atoms with Gasteiger partial charge in [0.1, 0.15) is 5.69 Å². The predicted molar refractivity (Wildman–Crippen MR) is 51.2 cm³/mol. The van der Waals surface area contributed by atoms with E-state index in [4.69, 9.17) is 5.11 Å². The first-order valence-corrected chi connectivity index (χ1v) is 4.30. The van der Waals surface area contributed by atoms with Gasteiger partial charge in [0, 0.05) is 17.3 Å². The highest BCUT2D eigenvalue weighted by molar-refractivity contribution is 5.80. The second kappa shape index (κ2) is 3.23. The highest BCUT2D eigenvalue weighted by Crippen LogP contribution is 2.17. The van der Waals surface area contributed by atoms with Gasteiger partial charge in [-0.25, -0.2) is 4.52 Å². The van der Waals surface area contributed by atoms with Crippen molar-refractivity contribution in [1.29, 1.82) is 0 Å². The fourth-order valence-electron chi connectivity index (χ4n) is 1.59. The molecule has 2 rings (SSSR count). The van der Waals surface area contributed by atoms with E-state index in [-0.39, 0.29) is 6.61 Å². The van der Waals surface area contributed by atoms with Crippen LogP contribution >= 0.6 is 0 Å². The van der Waals surface area contributed by atoms with Crippen molar-refractivity contribution in [2.24, 2.45) is 0 Å². The molecular formula is C10H10N2O2. The molecule has 4 heteroatoms. The van der Waals surface area contributed by atoms with Crippen LogP contribution in [0, 0.1) is 6.92 Å². The van der Waals surface area contributed by atoms with Crippen molar-refractivity contribution in [2.45, 2.75) is 13.5 Å². The van der Waals surface area contributed by atoms with Gasteiger partial charge in [-0.15, -0.1) is 0 Å². The first-order chi connectivity index (χ1) is 6.77. The summed E-state index contributed by atoms with van der Waals surface area (Å²) in [7, 11) is 0. The summed E-state index contributed by atoms with van der Waals surface area (Å²) < 4.78 is 1.62. The van der Waals surface area contributed by atoms with E-state index in [9.17, 15) is 4.79 Å². The Bertz CT molecular complexity index is 488. The van der Waals surface area contributed by atoms with Crippen molar-refractivity contribution >= 4 is 11.8 Å². The number of aliphatic hydroxyl groups excluding tert-OH is 1. The third-order valence-corrected chi connectivity index (χ3v) is 2.29. The lowest BCUT2D eigenvalue weighted by Gasteiger charge is -1.99. The largest absolute Gasteiger partial charge is 0.392 e. The molecule has 0 aliphatic heterocycles. The Kier molecular flexibility index (Phi) is 2.05. The number of carbonyl (C=O) groups is 1. The molecule has 0 aliphatic carbocycles. The highest BCUT2D eigenvalue weighted by atomic mass is 16.3. The van der Waals surface area contributed by atoms with Crippen molar-refractivity contribution < 1.29 is 9.90 Å². The monoisotopic (exact) mass is 190 g/mol. The normalized spacial score (nSPS) is 10.7. The van der Waals surface area contributed by atoms with Crippen LogP contribution in [0.15, 0.2) is 18.3 Å². The van der Waals surface area contributed by atoms with Crippen molar-refractivity contribution in [1.82, 2.24) is 9.61 Å². The van der Waals surface area contributed by atoms with Crippen molar-refractivity contribution in [3.63, 3.8) is 0 Å². The summed E-state index contributed by atoms with van der Waals surface area (Å²) in [5, 5.41) is 13.2. The van der Waals surface area contributed by atoms with Gasteiger partial charge in [0.05, 0.1) is 12.1 Å². The van der Waals surface area contributed by atoms with Gasteiger partial charge in [-0.2, -0.15) is 5.10 Å². The van der Waals surface area contributed by atoms with Gasteiger partial charge >= 0.3 is 0 Å². The Morgan fingerprint density at radius 1 is 1.64 bits per heavy atom. The van der Waals surface area contributed by atoms with Gasteiger partial charge in [-0.05, 0) is 13.0 Å². The molecule has 0 saturated carbocycles. The molecule has 4 nitrogen and oxygen atoms in total. The van der Waals surface area contributed by atoms with Crippen LogP contribution in [0.2, 0.25) is 0 Å². The molecular weight excluding hydrogens is 180 g/mol. The van der Waals surface area contributed by atoms with Gasteiger partial charge < -0.3 is 5.11 Å². The summed E-state index contributed by atoms with van der Waals surface area (Å²) in [6.07, 6.45) is 2.48. The van der Waals surface area contributed by atoms with Crippen LogP contribution in [-0.4, -0.2) is 21.0 Å². The molecule has 0 spiro atoms. The maximum absolute atomic E-state index is 10.7. The average molecular weight is 190 g/mol. The van der Waals surface area contributed by atoms with E-state index in [1.807, 2.05) is 13.0 Å². The van der Waals surface area contributed by atoms with Gasteiger partial charge in [0.25, 0.3) is 0 Å². The SMILES string of the molecule is Cc1c(C=O)nn2cccc(CO)c12. The van der Waals surface area contributed by atoms with Crippen molar-refractivity contribution in [3.05, 3.63) is 35.2 Å². The number of hydrogen-bond acceptors (Lipinski definition) is 3. The molecule has 0 unspecified atom stereocenters. The Morgan fingerprint density at radius 3 is 3.07 bits per heavy atom. The van der Waals surface area contributed by atoms with Gasteiger partial charge in [0.15, 0.2) is 6.29 Å². The van der Waals surface area contributed by atoms with E-state index >= 15 is 0 Å². The Balaban J connectivity index is 2.85. The number of hydrogen-bond donors (Lipinski definition) is 1. The zero-order valence-electron chi connectivity index (χ0n) is 7.77. The van der Waals surface area contributed by atoms with E-state index in [1.54, 1.807) is 16.8 Å². The zero-order chi connectivity index (χ0) is 10.1. The summed E-state index contributed by atoms with van der Waals surface area (Å²) in [5.74, 6) is 0. The van der Waals surface area contributed by atoms with Crippen LogP contribution in [0.5, 0.6) is 0 Å². The minimum atomic E-state index is -0.0465. The van der Waals surface area contributed by atoms with Crippen molar-refractivity contribution in [2.75, 3.05) is 0 Å². The number of aliphatic hydroxyl groups is 1. The lowest BCUT2D eigenvalue weighted by molar-refractivity contribution is 0.111. The molecule has 72 valence electrons. The molecule has 2 aromatic rings. The summed E-state index contributed by atoms with van der Waals surface area (Å²) in [5.41, 5.74) is 2.83. The molecule has 0 radical (unpaired) electrons. The van der Waals surface area contributed by atoms with Crippen LogP contribution in [0.25, 0.3) is 5.52 Å². The lowest BCUT2D eigenvalue weighted by atomic mass is 10.1. The summed E-state index contributed by atoms with van der Waals surface area (Å²) >= 11 is 0. The van der Waals surface area contributed by atoms with E-state index in [1.165, 1.54) is 0 Å². The Labute approximate surface area is 80.8 Å². The summed E-state index contributed by atoms with van der Waals surface area (Å²) in [6.45, 7) is 1.78. The smallest absolute Gasteiger partial charge is 0.170 e. The summed E-state index contributed by atoms with van der Waals surface area (Å²) in [4.78, 5) is 10.7. The van der Waals surface area contributed by atoms with Crippen LogP contribution in [0.3, 0.4) is 0 Å². The number of pyridine rings is 1. The van der Waals surface area contributed by atoms with E-state index in [0.717, 1.165) is 22.9 Å². The Morgan fingerprint density at radius 2 is 2.43 bits per heavy atom. The second-order valence-corrected chi connectivity index (χ2v) is 3.11. The topological polar surface area (TPSA) is 54.6 Å². The molecule has 0 aromatic carbocycles. The van der Waals surface area contributed by atoms with Gasteiger partial charge in [-0.3, -0.25) is 4.79 Å². The number of aromatic nitrogens is 2. The number of fused-ring (bicyclic) bond motifs is 1. The maximum atomic E-state index is 10.7. The molecule has 14 heavy (non-hydrogen) atoms. The fraction of sp³-hybridized carbons (Fsp3) is 0.200. The number of aryl methyl sites for hydroxylation is 1. The molecule has 0 bridgehead atoms. The Hall–Kier alpha value is -1.68. The average Bonchev–Trinajstić information content (AvgIpc) is 2.55. The molecule has 2 aromatic heterocycles.